The lowest BCUT2D eigenvalue weighted by atomic mass is 10.1. The third-order valence-corrected chi connectivity index (χ3v) is 6.48. The summed E-state index contributed by atoms with van der Waals surface area (Å²) in [4.78, 5) is 6.04. The summed E-state index contributed by atoms with van der Waals surface area (Å²) in [5.74, 6) is 0.271. The summed E-state index contributed by atoms with van der Waals surface area (Å²) in [6.45, 7) is 1.51. The zero-order valence-corrected chi connectivity index (χ0v) is 19.8. The Hall–Kier alpha value is -1.87. The van der Waals surface area contributed by atoms with Gasteiger partial charge in [0.25, 0.3) is 0 Å². The van der Waals surface area contributed by atoms with Crippen LogP contribution in [0.1, 0.15) is 16.8 Å². The van der Waals surface area contributed by atoms with Crippen molar-refractivity contribution in [1.29, 1.82) is 0 Å². The molecule has 1 fully saturated rings. The SMILES string of the molecule is CN=C(NCc1cccc(C(F)(F)F)c1)N1CCN(S(=O)(=O)Cc2ccon2)CC1.I. The van der Waals surface area contributed by atoms with E-state index in [-0.39, 0.29) is 49.4 Å². The van der Waals surface area contributed by atoms with Crippen molar-refractivity contribution in [3.63, 3.8) is 0 Å². The smallest absolute Gasteiger partial charge is 0.364 e. The Morgan fingerprint density at radius 2 is 1.94 bits per heavy atom. The monoisotopic (exact) mass is 573 g/mol. The summed E-state index contributed by atoms with van der Waals surface area (Å²) in [5.41, 5.74) is 0.110. The number of sulfonamides is 1. The standard InChI is InChI=1S/C18H22F3N5O3S.HI/c1-22-17(23-12-14-3-2-4-15(11-14)18(19,20)21)25-6-8-26(9-7-25)30(27,28)13-16-5-10-29-24-16;/h2-5,10-11H,6-9,12-13H2,1H3,(H,22,23);1H. The van der Waals surface area contributed by atoms with Crippen molar-refractivity contribution in [2.75, 3.05) is 33.2 Å². The number of alkyl halides is 3. The maximum atomic E-state index is 12.9. The molecule has 1 aromatic heterocycles. The summed E-state index contributed by atoms with van der Waals surface area (Å²) < 4.78 is 69.7. The van der Waals surface area contributed by atoms with Crippen LogP contribution < -0.4 is 5.32 Å². The summed E-state index contributed by atoms with van der Waals surface area (Å²) in [7, 11) is -1.95. The number of guanidine groups is 1. The van der Waals surface area contributed by atoms with E-state index in [0.717, 1.165) is 12.1 Å². The maximum Gasteiger partial charge on any atom is 0.416 e. The van der Waals surface area contributed by atoms with Gasteiger partial charge in [0.15, 0.2) is 5.96 Å². The van der Waals surface area contributed by atoms with Gasteiger partial charge in [-0.15, -0.1) is 24.0 Å². The molecule has 0 atom stereocenters. The van der Waals surface area contributed by atoms with Gasteiger partial charge in [-0.3, -0.25) is 4.99 Å². The zero-order valence-electron chi connectivity index (χ0n) is 16.7. The summed E-state index contributed by atoms with van der Waals surface area (Å²) >= 11 is 0. The van der Waals surface area contributed by atoms with E-state index >= 15 is 0 Å². The molecular weight excluding hydrogens is 550 g/mol. The number of halogens is 4. The number of rotatable bonds is 5. The fourth-order valence-electron chi connectivity index (χ4n) is 3.14. The molecule has 0 bridgehead atoms. The van der Waals surface area contributed by atoms with E-state index in [1.54, 1.807) is 13.1 Å². The second kappa shape index (κ2) is 10.6. The van der Waals surface area contributed by atoms with E-state index in [4.69, 9.17) is 0 Å². The molecule has 0 radical (unpaired) electrons. The Morgan fingerprint density at radius 3 is 2.52 bits per heavy atom. The maximum absolute atomic E-state index is 12.9. The number of hydrogen-bond donors (Lipinski definition) is 1. The van der Waals surface area contributed by atoms with Gasteiger partial charge in [-0.1, -0.05) is 17.3 Å². The molecule has 1 aliphatic heterocycles. The Bertz CT molecular complexity index is 976. The fraction of sp³-hybridized carbons (Fsp3) is 0.444. The highest BCUT2D eigenvalue weighted by Gasteiger charge is 2.31. The largest absolute Gasteiger partial charge is 0.416 e. The van der Waals surface area contributed by atoms with Gasteiger partial charge in [0.2, 0.25) is 10.0 Å². The van der Waals surface area contributed by atoms with Gasteiger partial charge < -0.3 is 14.7 Å². The van der Waals surface area contributed by atoms with E-state index < -0.39 is 21.8 Å². The first-order valence-electron chi connectivity index (χ1n) is 9.18. The van der Waals surface area contributed by atoms with Crippen molar-refractivity contribution in [1.82, 2.24) is 19.7 Å². The molecule has 1 aromatic carbocycles. The van der Waals surface area contributed by atoms with Gasteiger partial charge in [-0.25, -0.2) is 8.42 Å². The highest BCUT2D eigenvalue weighted by molar-refractivity contribution is 14.0. The fourth-order valence-corrected chi connectivity index (χ4v) is 4.56. The lowest BCUT2D eigenvalue weighted by Crippen LogP contribution is -2.53. The Balaban J connectivity index is 0.00000341. The van der Waals surface area contributed by atoms with Crippen molar-refractivity contribution >= 4 is 40.0 Å². The molecule has 2 heterocycles. The number of aromatic nitrogens is 1. The van der Waals surface area contributed by atoms with Crippen LogP contribution in [0.5, 0.6) is 0 Å². The minimum atomic E-state index is -4.40. The zero-order chi connectivity index (χ0) is 21.8. The molecule has 1 aliphatic rings. The summed E-state index contributed by atoms with van der Waals surface area (Å²) in [5, 5.41) is 6.68. The molecule has 0 unspecified atom stereocenters. The van der Waals surface area contributed by atoms with Gasteiger partial charge >= 0.3 is 6.18 Å². The van der Waals surface area contributed by atoms with E-state index in [9.17, 15) is 21.6 Å². The number of piperazine rings is 1. The number of hydrogen-bond acceptors (Lipinski definition) is 5. The average molecular weight is 573 g/mol. The van der Waals surface area contributed by atoms with Crippen molar-refractivity contribution in [3.8, 4) is 0 Å². The Labute approximate surface area is 195 Å². The third kappa shape index (κ3) is 6.80. The van der Waals surface area contributed by atoms with Crippen LogP contribution in [0, 0.1) is 0 Å². The molecule has 13 heteroatoms. The number of aliphatic imine (C=N–C) groups is 1. The second-order valence-corrected chi connectivity index (χ2v) is 8.70. The molecule has 1 saturated heterocycles. The van der Waals surface area contributed by atoms with Crippen molar-refractivity contribution in [2.24, 2.45) is 4.99 Å². The lowest BCUT2D eigenvalue weighted by molar-refractivity contribution is -0.137. The van der Waals surface area contributed by atoms with E-state index in [1.807, 2.05) is 4.90 Å². The van der Waals surface area contributed by atoms with E-state index in [0.29, 0.717) is 30.3 Å². The number of benzene rings is 1. The topological polar surface area (TPSA) is 91.0 Å². The molecule has 1 N–H and O–H groups in total. The van der Waals surface area contributed by atoms with Crippen LogP contribution >= 0.6 is 24.0 Å². The highest BCUT2D eigenvalue weighted by atomic mass is 127. The van der Waals surface area contributed by atoms with Crippen LogP contribution in [-0.2, 0) is 28.5 Å². The Morgan fingerprint density at radius 1 is 1.23 bits per heavy atom. The molecule has 3 rings (SSSR count). The van der Waals surface area contributed by atoms with Crippen LogP contribution in [0.4, 0.5) is 13.2 Å². The first-order valence-corrected chi connectivity index (χ1v) is 10.8. The second-order valence-electron chi connectivity index (χ2n) is 6.73. The minimum Gasteiger partial charge on any atom is -0.364 e. The molecule has 0 spiro atoms. The Kier molecular flexibility index (Phi) is 8.71. The first-order chi connectivity index (χ1) is 14.2. The normalized spacial score (nSPS) is 16.1. The quantitative estimate of drug-likeness (QED) is 0.336. The summed E-state index contributed by atoms with van der Waals surface area (Å²) in [6, 6.07) is 6.59. The minimum absolute atomic E-state index is 0. The van der Waals surface area contributed by atoms with Gasteiger partial charge in [-0.05, 0) is 17.7 Å². The lowest BCUT2D eigenvalue weighted by Gasteiger charge is -2.35. The predicted molar refractivity (Wildman–Crippen MR) is 119 cm³/mol. The molecule has 172 valence electrons. The average Bonchev–Trinajstić information content (AvgIpc) is 3.21. The predicted octanol–water partition coefficient (Wildman–Crippen LogP) is 2.53. The molecule has 0 amide bonds. The number of nitrogens with one attached hydrogen (secondary N) is 1. The molecule has 0 aliphatic carbocycles. The number of nitrogens with zero attached hydrogens (tertiary/aromatic N) is 4. The van der Waals surface area contributed by atoms with Crippen LogP contribution in [0.25, 0.3) is 0 Å². The van der Waals surface area contributed by atoms with E-state index in [1.165, 1.54) is 22.7 Å². The molecule has 2 aromatic rings. The molecule has 0 saturated carbocycles. The van der Waals surface area contributed by atoms with Crippen LogP contribution in [0.15, 0.2) is 46.1 Å². The van der Waals surface area contributed by atoms with E-state index in [2.05, 4.69) is 20.0 Å². The first kappa shape index (κ1) is 25.4. The third-order valence-electron chi connectivity index (χ3n) is 4.67. The highest BCUT2D eigenvalue weighted by Crippen LogP contribution is 2.29. The molecule has 31 heavy (non-hydrogen) atoms. The van der Waals surface area contributed by atoms with Crippen molar-refractivity contribution < 1.29 is 26.1 Å². The van der Waals surface area contributed by atoms with Gasteiger partial charge in [0.05, 0.1) is 11.3 Å². The molecule has 8 nitrogen and oxygen atoms in total. The van der Waals surface area contributed by atoms with Crippen molar-refractivity contribution in [3.05, 3.63) is 53.4 Å². The molecular formula is C18H23F3IN5O3S. The van der Waals surface area contributed by atoms with Crippen LogP contribution in [-0.4, -0.2) is 62.0 Å². The van der Waals surface area contributed by atoms with Crippen LogP contribution in [0.2, 0.25) is 0 Å². The van der Waals surface area contributed by atoms with Gasteiger partial charge in [0, 0.05) is 45.8 Å². The van der Waals surface area contributed by atoms with Crippen LogP contribution in [0.3, 0.4) is 0 Å². The van der Waals surface area contributed by atoms with Gasteiger partial charge in [-0.2, -0.15) is 17.5 Å². The summed E-state index contributed by atoms with van der Waals surface area (Å²) in [6.07, 6.45) is -3.08. The van der Waals surface area contributed by atoms with Gasteiger partial charge in [0.1, 0.15) is 12.0 Å². The van der Waals surface area contributed by atoms with Crippen molar-refractivity contribution in [2.45, 2.75) is 18.5 Å².